The number of nitrogens with zero attached hydrogens (tertiary/aromatic N) is 2. The first kappa shape index (κ1) is 20.8. The van der Waals surface area contributed by atoms with Gasteiger partial charge >= 0.3 is 6.03 Å². The molecule has 0 aromatic carbocycles. The predicted octanol–water partition coefficient (Wildman–Crippen LogP) is 3.64. The number of hydrogen-bond donors (Lipinski definition) is 2. The van der Waals surface area contributed by atoms with Crippen LogP contribution in [0.25, 0.3) is 0 Å². The van der Waals surface area contributed by atoms with E-state index in [0.717, 1.165) is 6.42 Å². The molecule has 1 aliphatic heterocycles. The maximum absolute atomic E-state index is 13.9. The van der Waals surface area contributed by atoms with Crippen LogP contribution in [0.1, 0.15) is 40.5 Å². The standard InChI is InChI=1S/C19H31FN4O/c1-5-8-16(20)17(7-3)22-19(25)24-13-11-23(12-14-24)18(21)10-9-15(4)6-2/h5,8-10H,6-7,11-14,21H2,1-4H3,(H,22,25)/b8-5-,15-9-,17-16-,18-10+. The fraction of sp³-hybridized carbons (Fsp3) is 0.526. The van der Waals surface area contributed by atoms with Gasteiger partial charge in [0.2, 0.25) is 0 Å². The molecule has 0 aliphatic carbocycles. The topological polar surface area (TPSA) is 61.6 Å². The highest BCUT2D eigenvalue weighted by atomic mass is 19.1. The van der Waals surface area contributed by atoms with Crippen LogP contribution >= 0.6 is 0 Å². The monoisotopic (exact) mass is 350 g/mol. The van der Waals surface area contributed by atoms with Gasteiger partial charge in [-0.3, -0.25) is 0 Å². The highest BCUT2D eigenvalue weighted by Gasteiger charge is 2.22. The van der Waals surface area contributed by atoms with E-state index in [2.05, 4.69) is 24.1 Å². The van der Waals surface area contributed by atoms with Gasteiger partial charge in [-0.15, -0.1) is 0 Å². The maximum Gasteiger partial charge on any atom is 0.321 e. The minimum atomic E-state index is -0.401. The lowest BCUT2D eigenvalue weighted by Gasteiger charge is -2.36. The summed E-state index contributed by atoms with van der Waals surface area (Å²) in [6.45, 7) is 10.2. The Labute approximate surface area is 150 Å². The van der Waals surface area contributed by atoms with Gasteiger partial charge in [0.05, 0.1) is 11.5 Å². The molecule has 1 fully saturated rings. The van der Waals surface area contributed by atoms with Crippen LogP contribution < -0.4 is 11.1 Å². The molecule has 0 radical (unpaired) electrons. The van der Waals surface area contributed by atoms with Gasteiger partial charge in [-0.05, 0) is 38.8 Å². The molecule has 0 aromatic rings. The first-order valence-electron chi connectivity index (χ1n) is 8.88. The van der Waals surface area contributed by atoms with Gasteiger partial charge in [0.1, 0.15) is 5.83 Å². The molecule has 1 rings (SSSR count). The first-order valence-corrected chi connectivity index (χ1v) is 8.88. The minimum absolute atomic E-state index is 0.263. The zero-order chi connectivity index (χ0) is 18.8. The van der Waals surface area contributed by atoms with E-state index in [4.69, 9.17) is 5.73 Å². The summed E-state index contributed by atoms with van der Waals surface area (Å²) in [6.07, 6.45) is 8.33. The van der Waals surface area contributed by atoms with E-state index in [1.54, 1.807) is 17.9 Å². The fourth-order valence-corrected chi connectivity index (χ4v) is 2.39. The molecule has 1 saturated heterocycles. The van der Waals surface area contributed by atoms with E-state index >= 15 is 0 Å². The predicted molar refractivity (Wildman–Crippen MR) is 101 cm³/mol. The molecular formula is C19H31FN4O. The van der Waals surface area contributed by atoms with Crippen molar-refractivity contribution in [3.8, 4) is 0 Å². The smallest absolute Gasteiger partial charge is 0.321 e. The van der Waals surface area contributed by atoms with Crippen LogP contribution in [-0.4, -0.2) is 42.0 Å². The van der Waals surface area contributed by atoms with Crippen molar-refractivity contribution in [2.75, 3.05) is 26.2 Å². The van der Waals surface area contributed by atoms with Crippen molar-refractivity contribution in [2.45, 2.75) is 40.5 Å². The number of nitrogens with two attached hydrogens (primary N) is 1. The minimum Gasteiger partial charge on any atom is -0.385 e. The first-order chi connectivity index (χ1) is 11.9. The second-order valence-corrected chi connectivity index (χ2v) is 6.04. The van der Waals surface area contributed by atoms with Crippen molar-refractivity contribution in [3.05, 3.63) is 47.2 Å². The zero-order valence-electron chi connectivity index (χ0n) is 15.8. The van der Waals surface area contributed by atoms with Gasteiger partial charge in [0.25, 0.3) is 0 Å². The second-order valence-electron chi connectivity index (χ2n) is 6.04. The van der Waals surface area contributed by atoms with Crippen molar-refractivity contribution in [1.29, 1.82) is 0 Å². The van der Waals surface area contributed by atoms with Crippen LogP contribution in [0, 0.1) is 0 Å². The number of halogens is 1. The van der Waals surface area contributed by atoms with Gasteiger partial charge in [-0.2, -0.15) is 0 Å². The third-order valence-corrected chi connectivity index (χ3v) is 4.24. The molecule has 0 atom stereocenters. The Morgan fingerprint density at radius 2 is 1.72 bits per heavy atom. The molecular weight excluding hydrogens is 319 g/mol. The van der Waals surface area contributed by atoms with Crippen LogP contribution in [0.3, 0.4) is 0 Å². The van der Waals surface area contributed by atoms with Crippen LogP contribution in [0.15, 0.2) is 47.2 Å². The molecule has 0 bridgehead atoms. The molecule has 0 spiro atoms. The molecule has 3 N–H and O–H groups in total. The quantitative estimate of drug-likeness (QED) is 0.719. The molecule has 25 heavy (non-hydrogen) atoms. The maximum atomic E-state index is 13.9. The van der Waals surface area contributed by atoms with Crippen LogP contribution in [0.4, 0.5) is 9.18 Å². The summed E-state index contributed by atoms with van der Waals surface area (Å²) in [5.41, 5.74) is 7.68. The molecule has 0 aromatic heterocycles. The number of nitrogens with one attached hydrogen (secondary N) is 1. The Hall–Kier alpha value is -2.24. The Bertz CT molecular complexity index is 570. The van der Waals surface area contributed by atoms with Gasteiger partial charge in [0.15, 0.2) is 0 Å². The molecule has 1 heterocycles. The van der Waals surface area contributed by atoms with Gasteiger partial charge in [-0.1, -0.05) is 31.6 Å². The average molecular weight is 350 g/mol. The van der Waals surface area contributed by atoms with Crippen molar-refractivity contribution in [1.82, 2.24) is 15.1 Å². The zero-order valence-corrected chi connectivity index (χ0v) is 15.8. The van der Waals surface area contributed by atoms with Crippen LogP contribution in [0.5, 0.6) is 0 Å². The summed E-state index contributed by atoms with van der Waals surface area (Å²) in [4.78, 5) is 16.1. The van der Waals surface area contributed by atoms with Crippen LogP contribution in [-0.2, 0) is 0 Å². The summed E-state index contributed by atoms with van der Waals surface area (Å²) in [7, 11) is 0. The Morgan fingerprint density at radius 3 is 2.24 bits per heavy atom. The van der Waals surface area contributed by atoms with Crippen LogP contribution in [0.2, 0.25) is 0 Å². The number of rotatable bonds is 6. The Morgan fingerprint density at radius 1 is 1.12 bits per heavy atom. The lowest BCUT2D eigenvalue weighted by molar-refractivity contribution is 0.158. The largest absolute Gasteiger partial charge is 0.385 e. The third kappa shape index (κ3) is 6.64. The highest BCUT2D eigenvalue weighted by molar-refractivity contribution is 5.76. The van der Waals surface area contributed by atoms with E-state index in [1.165, 1.54) is 11.6 Å². The van der Waals surface area contributed by atoms with Gasteiger partial charge in [0, 0.05) is 26.2 Å². The Balaban J connectivity index is 2.61. The molecule has 0 saturated carbocycles. The van der Waals surface area contributed by atoms with Crippen molar-refractivity contribution in [2.24, 2.45) is 5.73 Å². The van der Waals surface area contributed by atoms with Gasteiger partial charge in [-0.25, -0.2) is 9.18 Å². The SMILES string of the molecule is C/C=C\C(F)=C(/CC)NC(=O)N1CCN(/C(N)=C/C=C(/C)CC)CC1. The highest BCUT2D eigenvalue weighted by Crippen LogP contribution is 2.12. The molecule has 140 valence electrons. The number of allylic oxidation sites excluding steroid dienone is 7. The summed E-state index contributed by atoms with van der Waals surface area (Å²) in [6, 6.07) is -0.263. The summed E-state index contributed by atoms with van der Waals surface area (Å²) in [5.74, 6) is 0.309. The number of piperazine rings is 1. The Kier molecular flexibility index (Phi) is 8.81. The number of carbonyl (C=O) groups excluding carboxylic acids is 1. The number of carbonyl (C=O) groups is 1. The fourth-order valence-electron chi connectivity index (χ4n) is 2.39. The van der Waals surface area contributed by atoms with Crippen molar-refractivity contribution >= 4 is 6.03 Å². The summed E-state index contributed by atoms with van der Waals surface area (Å²) < 4.78 is 13.9. The normalized spacial score (nSPS) is 17.8. The van der Waals surface area contributed by atoms with E-state index in [9.17, 15) is 9.18 Å². The molecule has 0 unspecified atom stereocenters. The summed E-state index contributed by atoms with van der Waals surface area (Å²) >= 11 is 0. The van der Waals surface area contributed by atoms with E-state index in [-0.39, 0.29) is 6.03 Å². The lowest BCUT2D eigenvalue weighted by Crippen LogP contribution is -2.52. The molecule has 2 amide bonds. The third-order valence-electron chi connectivity index (χ3n) is 4.24. The van der Waals surface area contributed by atoms with E-state index < -0.39 is 5.83 Å². The second kappa shape index (κ2) is 10.6. The van der Waals surface area contributed by atoms with Crippen molar-refractivity contribution < 1.29 is 9.18 Å². The van der Waals surface area contributed by atoms with Gasteiger partial charge < -0.3 is 20.9 Å². The average Bonchev–Trinajstić information content (AvgIpc) is 2.63. The number of hydrogen-bond acceptors (Lipinski definition) is 3. The van der Waals surface area contributed by atoms with E-state index in [0.29, 0.717) is 44.1 Å². The lowest BCUT2D eigenvalue weighted by atomic mass is 10.2. The number of amides is 2. The molecule has 1 aliphatic rings. The van der Waals surface area contributed by atoms with E-state index in [1.807, 2.05) is 19.1 Å². The molecule has 5 nitrogen and oxygen atoms in total. The van der Waals surface area contributed by atoms with Crippen molar-refractivity contribution in [3.63, 3.8) is 0 Å². The summed E-state index contributed by atoms with van der Waals surface area (Å²) in [5, 5.41) is 2.68. The number of urea groups is 1. The molecule has 6 heteroatoms.